The number of nitrogens with zero attached hydrogens (tertiary/aromatic N) is 3. The molecule has 0 aliphatic carbocycles. The van der Waals surface area contributed by atoms with Gasteiger partial charge in [0.05, 0.1) is 12.7 Å². The predicted molar refractivity (Wildman–Crippen MR) is 160 cm³/mol. The molecule has 4 nitrogen and oxygen atoms in total. The fraction of sp³-hybridized carbons (Fsp3) is 1.00. The highest BCUT2D eigenvalue weighted by Crippen LogP contribution is 2.28. The zero-order valence-electron chi connectivity index (χ0n) is 26.9. The van der Waals surface area contributed by atoms with Crippen LogP contribution in [-0.4, -0.2) is 84.8 Å². The van der Waals surface area contributed by atoms with E-state index in [4.69, 9.17) is 4.74 Å². The van der Waals surface area contributed by atoms with Crippen LogP contribution in [0.25, 0.3) is 0 Å². The quantitative estimate of drug-likeness (QED) is 0.379. The molecule has 0 N–H and O–H groups in total. The summed E-state index contributed by atoms with van der Waals surface area (Å²) in [6.07, 6.45) is 3.29. The van der Waals surface area contributed by atoms with Crippen molar-refractivity contribution < 1.29 is 4.74 Å². The summed E-state index contributed by atoms with van der Waals surface area (Å²) in [7, 11) is 0. The maximum Gasteiger partial charge on any atom is 0.0725 e. The van der Waals surface area contributed by atoms with Crippen molar-refractivity contribution in [2.45, 2.75) is 127 Å². The summed E-state index contributed by atoms with van der Waals surface area (Å²) < 4.78 is 5.68. The molecule has 3 heterocycles. The number of hydrogen-bond donors (Lipinski definition) is 0. The Morgan fingerprint density at radius 3 is 1.47 bits per heavy atom. The Labute approximate surface area is 227 Å². The third kappa shape index (κ3) is 12.1. The van der Waals surface area contributed by atoms with Crippen LogP contribution in [0.5, 0.6) is 0 Å². The van der Waals surface area contributed by atoms with Crippen molar-refractivity contribution in [1.29, 1.82) is 0 Å². The minimum Gasteiger partial charge on any atom is -0.375 e. The minimum atomic E-state index is 0.446. The zero-order chi connectivity index (χ0) is 27.6. The molecule has 3 aliphatic rings. The van der Waals surface area contributed by atoms with Crippen LogP contribution < -0.4 is 0 Å². The Bertz CT molecular complexity index is 516. The van der Waals surface area contributed by atoms with Crippen LogP contribution in [0.4, 0.5) is 0 Å². The molecule has 0 amide bonds. The van der Waals surface area contributed by atoms with Crippen LogP contribution in [0.3, 0.4) is 0 Å². The lowest BCUT2D eigenvalue weighted by Gasteiger charge is -2.40. The van der Waals surface area contributed by atoms with Crippen molar-refractivity contribution in [3.05, 3.63) is 0 Å². The molecule has 3 rings (SSSR count). The summed E-state index contributed by atoms with van der Waals surface area (Å²) in [5, 5.41) is 0. The summed E-state index contributed by atoms with van der Waals surface area (Å²) in [6.45, 7) is 38.4. The minimum absolute atomic E-state index is 0.446. The first-order valence-electron chi connectivity index (χ1n) is 15.6. The molecule has 36 heavy (non-hydrogen) atoms. The van der Waals surface area contributed by atoms with Crippen LogP contribution >= 0.6 is 0 Å². The van der Waals surface area contributed by atoms with Gasteiger partial charge in [-0.3, -0.25) is 4.90 Å². The van der Waals surface area contributed by atoms with Gasteiger partial charge >= 0.3 is 0 Å². The summed E-state index contributed by atoms with van der Waals surface area (Å²) in [5.41, 5.74) is 0. The van der Waals surface area contributed by atoms with Gasteiger partial charge in [-0.2, -0.15) is 0 Å². The topological polar surface area (TPSA) is 19.0 Å². The van der Waals surface area contributed by atoms with Gasteiger partial charge in [-0.1, -0.05) is 48.5 Å². The Morgan fingerprint density at radius 2 is 1.06 bits per heavy atom. The average molecular weight is 510 g/mol. The average Bonchev–Trinajstić information content (AvgIpc) is 3.31. The molecule has 3 aliphatic heterocycles. The van der Waals surface area contributed by atoms with E-state index in [0.29, 0.717) is 18.1 Å². The van der Waals surface area contributed by atoms with Crippen LogP contribution in [0, 0.1) is 35.5 Å². The Kier molecular flexibility index (Phi) is 15.7. The van der Waals surface area contributed by atoms with E-state index in [1.807, 2.05) is 0 Å². The highest BCUT2D eigenvalue weighted by molar-refractivity contribution is 4.81. The molecule has 0 saturated carbocycles. The largest absolute Gasteiger partial charge is 0.375 e. The van der Waals surface area contributed by atoms with Gasteiger partial charge in [0.25, 0.3) is 0 Å². The van der Waals surface area contributed by atoms with Gasteiger partial charge in [0.2, 0.25) is 0 Å². The molecule has 3 fully saturated rings. The van der Waals surface area contributed by atoms with Crippen LogP contribution in [-0.2, 0) is 4.74 Å². The molecule has 0 aromatic heterocycles. The van der Waals surface area contributed by atoms with Crippen molar-refractivity contribution >= 4 is 0 Å². The van der Waals surface area contributed by atoms with E-state index in [9.17, 15) is 0 Å². The molecule has 4 unspecified atom stereocenters. The van der Waals surface area contributed by atoms with Gasteiger partial charge in [-0.25, -0.2) is 0 Å². The molecule has 0 radical (unpaired) electrons. The molecular weight excluding hydrogens is 442 g/mol. The lowest BCUT2D eigenvalue weighted by atomic mass is 9.83. The van der Waals surface area contributed by atoms with Crippen molar-refractivity contribution in [1.82, 2.24) is 14.7 Å². The SMILES string of the molecule is CC(C)C1CCN(C(C)C)C1.CC(C)C1CN(C(C)C)CCO1.CC1CC(C(C)C)CN(C(C)C)C1. The molecule has 4 atom stereocenters. The second kappa shape index (κ2) is 16.7. The number of hydrogen-bond acceptors (Lipinski definition) is 4. The number of ether oxygens (including phenoxy) is 1. The van der Waals surface area contributed by atoms with E-state index in [0.717, 1.165) is 61.4 Å². The van der Waals surface area contributed by atoms with Crippen molar-refractivity contribution in [3.63, 3.8) is 0 Å². The number of morpholine rings is 1. The van der Waals surface area contributed by atoms with Gasteiger partial charge in [-0.15, -0.1) is 0 Å². The smallest absolute Gasteiger partial charge is 0.0725 e. The van der Waals surface area contributed by atoms with Gasteiger partial charge in [0, 0.05) is 50.8 Å². The third-order valence-corrected chi connectivity index (χ3v) is 8.92. The molecule has 0 aromatic carbocycles. The molecule has 0 aromatic rings. The Hall–Kier alpha value is -0.160. The van der Waals surface area contributed by atoms with Gasteiger partial charge in [-0.05, 0) is 96.4 Å². The van der Waals surface area contributed by atoms with Gasteiger partial charge in [0.1, 0.15) is 0 Å². The predicted octanol–water partition coefficient (Wildman–Crippen LogP) is 7.13. The second-order valence-electron chi connectivity index (χ2n) is 14.0. The zero-order valence-corrected chi connectivity index (χ0v) is 26.9. The maximum atomic E-state index is 5.68. The lowest BCUT2D eigenvalue weighted by molar-refractivity contribution is -0.0591. The van der Waals surface area contributed by atoms with E-state index in [1.165, 1.54) is 39.0 Å². The van der Waals surface area contributed by atoms with Crippen LogP contribution in [0.1, 0.15) is 103 Å². The standard InChI is InChI=1S/C12H25N.C10H21NO.C10H21N/c1-9(2)12-6-11(5)7-13(8-12)10(3)4;1-8(2)10-7-11(9(3)4)5-6-12-10;1-8(2)10-5-6-11(7-10)9(3)4/h9-12H,6-8H2,1-5H3;8-10H,5-7H2,1-4H3;8-10H,5-7H2,1-4H3. The number of piperidine rings is 1. The molecule has 216 valence electrons. The third-order valence-electron chi connectivity index (χ3n) is 8.92. The fourth-order valence-electron chi connectivity index (χ4n) is 5.74. The van der Waals surface area contributed by atoms with E-state index < -0.39 is 0 Å². The molecule has 0 bridgehead atoms. The summed E-state index contributed by atoms with van der Waals surface area (Å²) in [5.74, 6) is 5.14. The van der Waals surface area contributed by atoms with Crippen molar-refractivity contribution in [3.8, 4) is 0 Å². The molecular formula is C32H67N3O. The first-order chi connectivity index (χ1) is 16.7. The Balaban J connectivity index is 0.000000271. The highest BCUT2D eigenvalue weighted by atomic mass is 16.5. The van der Waals surface area contributed by atoms with E-state index in [2.05, 4.69) is 105 Å². The Morgan fingerprint density at radius 1 is 0.556 bits per heavy atom. The molecule has 3 saturated heterocycles. The van der Waals surface area contributed by atoms with Crippen LogP contribution in [0.2, 0.25) is 0 Å². The molecule has 0 spiro atoms. The number of likely N-dealkylation sites (tertiary alicyclic amines) is 2. The fourth-order valence-corrected chi connectivity index (χ4v) is 5.74. The number of rotatable bonds is 6. The summed E-state index contributed by atoms with van der Waals surface area (Å²) >= 11 is 0. The summed E-state index contributed by atoms with van der Waals surface area (Å²) in [6, 6.07) is 2.14. The van der Waals surface area contributed by atoms with Crippen LogP contribution in [0.15, 0.2) is 0 Å². The molecule has 4 heteroatoms. The van der Waals surface area contributed by atoms with E-state index >= 15 is 0 Å². The monoisotopic (exact) mass is 510 g/mol. The van der Waals surface area contributed by atoms with E-state index in [-0.39, 0.29) is 0 Å². The summed E-state index contributed by atoms with van der Waals surface area (Å²) in [4.78, 5) is 7.72. The lowest BCUT2D eigenvalue weighted by Crippen LogP contribution is -2.47. The van der Waals surface area contributed by atoms with Crippen molar-refractivity contribution in [2.75, 3.05) is 45.9 Å². The maximum absolute atomic E-state index is 5.68. The van der Waals surface area contributed by atoms with E-state index in [1.54, 1.807) is 0 Å². The first kappa shape index (κ1) is 33.9. The van der Waals surface area contributed by atoms with Gasteiger partial charge < -0.3 is 14.5 Å². The second-order valence-corrected chi connectivity index (χ2v) is 14.0. The first-order valence-corrected chi connectivity index (χ1v) is 15.6. The van der Waals surface area contributed by atoms with Gasteiger partial charge in [0.15, 0.2) is 0 Å². The normalized spacial score (nSPS) is 28.8. The van der Waals surface area contributed by atoms with Crippen molar-refractivity contribution in [2.24, 2.45) is 35.5 Å². The highest BCUT2D eigenvalue weighted by Gasteiger charge is 2.28.